The zero-order chi connectivity index (χ0) is 12.6. The van der Waals surface area contributed by atoms with Crippen molar-refractivity contribution < 1.29 is 0 Å². The third kappa shape index (κ3) is 1.73. The minimum absolute atomic E-state index is 0.665. The van der Waals surface area contributed by atoms with Gasteiger partial charge in [-0.05, 0) is 13.8 Å². The second-order valence-electron chi connectivity index (χ2n) is 4.06. The number of aryl methyl sites for hydroxylation is 2. The van der Waals surface area contributed by atoms with Crippen LogP contribution in [0.15, 0.2) is 18.9 Å². The summed E-state index contributed by atoms with van der Waals surface area (Å²) in [4.78, 5) is 4.51. The molecule has 2 aromatic rings. The summed E-state index contributed by atoms with van der Waals surface area (Å²) in [5.41, 5.74) is 8.95. The summed E-state index contributed by atoms with van der Waals surface area (Å²) in [6.07, 6.45) is 3.61. The number of nitrogen functional groups attached to an aromatic ring is 1. The lowest BCUT2D eigenvalue weighted by Crippen LogP contribution is -2.03. The molecule has 0 saturated heterocycles. The molecule has 90 valence electrons. The van der Waals surface area contributed by atoms with Gasteiger partial charge in [-0.15, -0.1) is 6.58 Å². The van der Waals surface area contributed by atoms with Crippen LogP contribution in [0, 0.1) is 13.8 Å². The van der Waals surface area contributed by atoms with Crippen LogP contribution in [-0.4, -0.2) is 19.3 Å². The molecule has 2 aromatic heterocycles. The normalized spacial score (nSPS) is 10.8. The largest absolute Gasteiger partial charge is 0.383 e. The van der Waals surface area contributed by atoms with Gasteiger partial charge >= 0.3 is 0 Å². The predicted octanol–water partition coefficient (Wildman–Crippen LogP) is 1.67. The molecule has 0 radical (unpaired) electrons. The van der Waals surface area contributed by atoms with Crippen molar-refractivity contribution in [1.29, 1.82) is 0 Å². The molecule has 17 heavy (non-hydrogen) atoms. The Morgan fingerprint density at radius 3 is 2.71 bits per heavy atom. The molecule has 0 fully saturated rings. The summed E-state index contributed by atoms with van der Waals surface area (Å²) >= 11 is 0. The third-order valence-corrected chi connectivity index (χ3v) is 3.00. The van der Waals surface area contributed by atoms with Crippen molar-refractivity contribution in [3.8, 4) is 11.3 Å². The number of anilines is 1. The maximum atomic E-state index is 6.12. The van der Waals surface area contributed by atoms with E-state index < -0.39 is 0 Å². The Morgan fingerprint density at radius 2 is 2.18 bits per heavy atom. The highest BCUT2D eigenvalue weighted by atomic mass is 15.3. The van der Waals surface area contributed by atoms with E-state index in [4.69, 9.17) is 5.73 Å². The molecule has 5 heteroatoms. The van der Waals surface area contributed by atoms with Crippen molar-refractivity contribution in [3.05, 3.63) is 30.4 Å². The van der Waals surface area contributed by atoms with Gasteiger partial charge in [-0.3, -0.25) is 4.68 Å². The number of aromatic nitrogens is 4. The molecule has 0 unspecified atom stereocenters. The molecule has 0 spiro atoms. The van der Waals surface area contributed by atoms with Crippen LogP contribution in [0.25, 0.3) is 11.3 Å². The Bertz CT molecular complexity index is 562. The highest BCUT2D eigenvalue weighted by Gasteiger charge is 2.16. The van der Waals surface area contributed by atoms with Crippen LogP contribution in [0.4, 0.5) is 5.82 Å². The Labute approximate surface area is 101 Å². The minimum atomic E-state index is 0.665. The van der Waals surface area contributed by atoms with Gasteiger partial charge in [-0.2, -0.15) is 5.10 Å². The highest BCUT2D eigenvalue weighted by Crippen LogP contribution is 2.28. The first kappa shape index (κ1) is 11.4. The van der Waals surface area contributed by atoms with E-state index in [1.165, 1.54) is 0 Å². The molecular formula is C12H17N5. The second kappa shape index (κ2) is 4.08. The van der Waals surface area contributed by atoms with E-state index in [9.17, 15) is 0 Å². The highest BCUT2D eigenvalue weighted by molar-refractivity contribution is 5.72. The van der Waals surface area contributed by atoms with Gasteiger partial charge in [0.05, 0.1) is 6.20 Å². The molecular weight excluding hydrogens is 214 g/mol. The number of hydrogen-bond donors (Lipinski definition) is 1. The summed E-state index contributed by atoms with van der Waals surface area (Å²) in [7, 11) is 1.91. The number of nitrogens with two attached hydrogens (primary N) is 1. The van der Waals surface area contributed by atoms with Crippen molar-refractivity contribution in [2.75, 3.05) is 5.73 Å². The van der Waals surface area contributed by atoms with Gasteiger partial charge in [0, 0.05) is 24.8 Å². The van der Waals surface area contributed by atoms with Crippen LogP contribution >= 0.6 is 0 Å². The summed E-state index contributed by atoms with van der Waals surface area (Å²) in [5, 5.41) is 4.21. The monoisotopic (exact) mass is 231 g/mol. The smallest absolute Gasteiger partial charge is 0.132 e. The topological polar surface area (TPSA) is 61.7 Å². The maximum absolute atomic E-state index is 6.12. The summed E-state index contributed by atoms with van der Waals surface area (Å²) in [5.74, 6) is 1.55. The number of imidazole rings is 1. The van der Waals surface area contributed by atoms with E-state index in [-0.39, 0.29) is 0 Å². The quantitative estimate of drug-likeness (QED) is 0.817. The molecule has 0 aliphatic heterocycles. The molecule has 0 bridgehead atoms. The average molecular weight is 231 g/mol. The van der Waals surface area contributed by atoms with Crippen LogP contribution in [0.1, 0.15) is 11.5 Å². The molecule has 0 atom stereocenters. The number of nitrogens with zero attached hydrogens (tertiary/aromatic N) is 4. The lowest BCUT2D eigenvalue weighted by Gasteiger charge is -2.03. The molecule has 5 nitrogen and oxygen atoms in total. The lowest BCUT2D eigenvalue weighted by molar-refractivity contribution is 0.740. The molecule has 0 aliphatic carbocycles. The Hall–Kier alpha value is -2.04. The van der Waals surface area contributed by atoms with Gasteiger partial charge < -0.3 is 10.3 Å². The minimum Gasteiger partial charge on any atom is -0.383 e. The van der Waals surface area contributed by atoms with Gasteiger partial charge in [-0.25, -0.2) is 4.98 Å². The van der Waals surface area contributed by atoms with Crippen LogP contribution in [-0.2, 0) is 13.6 Å². The average Bonchev–Trinajstić information content (AvgIpc) is 2.75. The zero-order valence-corrected chi connectivity index (χ0v) is 10.4. The van der Waals surface area contributed by atoms with Crippen molar-refractivity contribution >= 4 is 5.82 Å². The lowest BCUT2D eigenvalue weighted by atomic mass is 10.2. The molecule has 0 amide bonds. The van der Waals surface area contributed by atoms with Crippen LogP contribution in [0.5, 0.6) is 0 Å². The first-order valence-corrected chi connectivity index (χ1v) is 5.48. The second-order valence-corrected chi connectivity index (χ2v) is 4.06. The van der Waals surface area contributed by atoms with Gasteiger partial charge in [0.15, 0.2) is 0 Å². The first-order chi connectivity index (χ1) is 8.06. The van der Waals surface area contributed by atoms with Crippen LogP contribution < -0.4 is 5.73 Å². The van der Waals surface area contributed by atoms with Crippen LogP contribution in [0.3, 0.4) is 0 Å². The van der Waals surface area contributed by atoms with E-state index in [1.54, 1.807) is 6.20 Å². The van der Waals surface area contributed by atoms with Crippen molar-refractivity contribution in [3.63, 3.8) is 0 Å². The number of rotatable bonds is 3. The summed E-state index contributed by atoms with van der Waals surface area (Å²) in [6, 6.07) is 0. The zero-order valence-electron chi connectivity index (χ0n) is 10.4. The van der Waals surface area contributed by atoms with E-state index in [0.29, 0.717) is 12.4 Å². The molecule has 2 N–H and O–H groups in total. The number of hydrogen-bond acceptors (Lipinski definition) is 3. The van der Waals surface area contributed by atoms with E-state index in [1.807, 2.05) is 36.2 Å². The molecule has 0 saturated carbocycles. The van der Waals surface area contributed by atoms with Gasteiger partial charge in [-0.1, -0.05) is 6.08 Å². The summed E-state index contributed by atoms with van der Waals surface area (Å²) in [6.45, 7) is 8.33. The van der Waals surface area contributed by atoms with E-state index in [0.717, 1.165) is 22.8 Å². The fourth-order valence-corrected chi connectivity index (χ4v) is 1.87. The molecule has 0 aliphatic rings. The third-order valence-electron chi connectivity index (χ3n) is 3.00. The first-order valence-electron chi connectivity index (χ1n) is 5.48. The van der Waals surface area contributed by atoms with Gasteiger partial charge in [0.2, 0.25) is 0 Å². The fourth-order valence-electron chi connectivity index (χ4n) is 1.87. The van der Waals surface area contributed by atoms with Gasteiger partial charge in [0.25, 0.3) is 0 Å². The maximum Gasteiger partial charge on any atom is 0.132 e. The van der Waals surface area contributed by atoms with Crippen molar-refractivity contribution in [2.24, 2.45) is 7.05 Å². The van der Waals surface area contributed by atoms with E-state index in [2.05, 4.69) is 16.7 Å². The van der Waals surface area contributed by atoms with Gasteiger partial charge in [0.1, 0.15) is 17.3 Å². The predicted molar refractivity (Wildman–Crippen MR) is 68.5 cm³/mol. The molecule has 2 heterocycles. The van der Waals surface area contributed by atoms with Crippen molar-refractivity contribution in [1.82, 2.24) is 19.3 Å². The SMILES string of the molecule is C=CCn1c(C)nc(-c2cnn(C)c2C)c1N. The van der Waals surface area contributed by atoms with Crippen molar-refractivity contribution in [2.45, 2.75) is 20.4 Å². The van der Waals surface area contributed by atoms with Crippen LogP contribution in [0.2, 0.25) is 0 Å². The summed E-state index contributed by atoms with van der Waals surface area (Å²) < 4.78 is 3.76. The Kier molecular flexibility index (Phi) is 2.75. The fraction of sp³-hybridized carbons (Fsp3) is 0.333. The standard InChI is InChI=1S/C12H17N5/c1-5-6-17-9(3)15-11(12(17)13)10-7-14-16(4)8(10)2/h5,7H,1,6,13H2,2-4H3. The molecule has 0 aromatic carbocycles. The Balaban J connectivity index is 2.57. The molecule has 2 rings (SSSR count). The number of allylic oxidation sites excluding steroid dienone is 1. The van der Waals surface area contributed by atoms with E-state index >= 15 is 0 Å². The Morgan fingerprint density at radius 1 is 1.47 bits per heavy atom.